The van der Waals surface area contributed by atoms with Crippen molar-refractivity contribution < 1.29 is 8.85 Å². The Morgan fingerprint density at radius 2 is 1.68 bits per heavy atom. The van der Waals surface area contributed by atoms with E-state index in [0.717, 1.165) is 25.2 Å². The number of benzene rings is 1. The van der Waals surface area contributed by atoms with Crippen molar-refractivity contribution in [3.05, 3.63) is 47.9 Å². The first-order valence-electron chi connectivity index (χ1n) is 9.26. The van der Waals surface area contributed by atoms with Crippen LogP contribution in [-0.4, -0.2) is 23.2 Å². The van der Waals surface area contributed by atoms with Crippen LogP contribution in [0, 0.1) is 0 Å². The lowest BCUT2D eigenvalue weighted by Gasteiger charge is -2.36. The lowest BCUT2D eigenvalue weighted by atomic mass is 10.2. The van der Waals surface area contributed by atoms with Crippen LogP contribution < -0.4 is 5.19 Å². The van der Waals surface area contributed by atoms with Crippen LogP contribution in [0.15, 0.2) is 47.9 Å². The molecule has 0 saturated heterocycles. The van der Waals surface area contributed by atoms with Crippen molar-refractivity contribution in [3.63, 3.8) is 0 Å². The molecular formula is C21H36O2Si2. The largest absolute Gasteiger partial charge is 0.537 e. The van der Waals surface area contributed by atoms with E-state index in [1.807, 2.05) is 13.0 Å². The second kappa shape index (κ2) is 9.04. The molecular weight excluding hydrogens is 340 g/mol. The minimum Gasteiger partial charge on any atom is -0.537 e. The molecule has 1 rings (SSSR count). The van der Waals surface area contributed by atoms with E-state index < -0.39 is 16.6 Å². The van der Waals surface area contributed by atoms with Crippen LogP contribution in [-0.2, 0) is 8.85 Å². The van der Waals surface area contributed by atoms with Crippen LogP contribution in [0.1, 0.15) is 40.5 Å². The van der Waals surface area contributed by atoms with E-state index >= 15 is 0 Å². The minimum absolute atomic E-state index is 0.279. The maximum Gasteiger partial charge on any atom is 0.277 e. The molecule has 0 atom stereocenters. The Labute approximate surface area is 157 Å². The summed E-state index contributed by atoms with van der Waals surface area (Å²) in [7, 11) is -3.52. The topological polar surface area (TPSA) is 18.5 Å². The van der Waals surface area contributed by atoms with Crippen molar-refractivity contribution in [1.82, 2.24) is 0 Å². The Balaban J connectivity index is 2.47. The van der Waals surface area contributed by atoms with Gasteiger partial charge in [0.1, 0.15) is 5.76 Å². The lowest BCUT2D eigenvalue weighted by molar-refractivity contribution is 0.283. The second-order valence-corrected chi connectivity index (χ2v) is 17.2. The predicted molar refractivity (Wildman–Crippen MR) is 114 cm³/mol. The van der Waals surface area contributed by atoms with Gasteiger partial charge in [-0.05, 0) is 62.3 Å². The molecule has 140 valence electrons. The van der Waals surface area contributed by atoms with Crippen LogP contribution in [0.25, 0.3) is 0 Å². The Hall–Kier alpha value is -1.07. The van der Waals surface area contributed by atoms with Crippen molar-refractivity contribution in [1.29, 1.82) is 0 Å². The Kier molecular flexibility index (Phi) is 7.95. The molecule has 0 heterocycles. The normalized spacial score (nSPS) is 12.5. The molecule has 2 nitrogen and oxygen atoms in total. The second-order valence-electron chi connectivity index (χ2n) is 8.63. The van der Waals surface area contributed by atoms with Gasteiger partial charge in [0.15, 0.2) is 8.32 Å². The standard InChI is InChI=1S/C21H36O2Si2/c1-19(23-24(5,6)20-16-12-9-13-17-20)15-11-10-14-18-22-25(7,8)21(2,3)4/h9,11-13,16-17H,10,14,18H2,1-8H3. The van der Waals surface area contributed by atoms with E-state index in [1.165, 1.54) is 5.19 Å². The summed E-state index contributed by atoms with van der Waals surface area (Å²) >= 11 is 0. The fourth-order valence-electron chi connectivity index (χ4n) is 2.26. The fraction of sp³-hybridized carbons (Fsp3) is 0.571. The Morgan fingerprint density at radius 1 is 1.08 bits per heavy atom. The third-order valence-electron chi connectivity index (χ3n) is 4.94. The summed E-state index contributed by atoms with van der Waals surface area (Å²) in [6.45, 7) is 18.7. The molecule has 1 aromatic rings. The molecule has 0 unspecified atom stereocenters. The summed E-state index contributed by atoms with van der Waals surface area (Å²) in [6, 6.07) is 10.5. The quantitative estimate of drug-likeness (QED) is 0.241. The molecule has 0 fully saturated rings. The van der Waals surface area contributed by atoms with Gasteiger partial charge in [-0.25, -0.2) is 0 Å². The van der Waals surface area contributed by atoms with E-state index in [-0.39, 0.29) is 5.04 Å². The van der Waals surface area contributed by atoms with E-state index in [1.54, 1.807) is 0 Å². The zero-order valence-electron chi connectivity index (χ0n) is 17.4. The lowest BCUT2D eigenvalue weighted by Crippen LogP contribution is -2.44. The Morgan fingerprint density at radius 3 is 2.24 bits per heavy atom. The molecule has 0 saturated carbocycles. The molecule has 0 amide bonds. The molecule has 0 spiro atoms. The third kappa shape index (κ3) is 7.37. The van der Waals surface area contributed by atoms with Crippen LogP contribution in [0.5, 0.6) is 0 Å². The minimum atomic E-state index is -1.90. The molecule has 1 aromatic carbocycles. The summed E-state index contributed by atoms with van der Waals surface area (Å²) in [5.41, 5.74) is 3.30. The number of hydrogen-bond acceptors (Lipinski definition) is 2. The smallest absolute Gasteiger partial charge is 0.277 e. The summed E-state index contributed by atoms with van der Waals surface area (Å²) < 4.78 is 12.4. The predicted octanol–water partition coefficient (Wildman–Crippen LogP) is 5.98. The van der Waals surface area contributed by atoms with Gasteiger partial charge in [0, 0.05) is 6.61 Å². The van der Waals surface area contributed by atoms with Gasteiger partial charge in [-0.1, -0.05) is 56.8 Å². The van der Waals surface area contributed by atoms with Crippen molar-refractivity contribution in [3.8, 4) is 0 Å². The van der Waals surface area contributed by atoms with Gasteiger partial charge in [0.25, 0.3) is 8.32 Å². The number of unbranched alkanes of at least 4 members (excludes halogenated alkanes) is 1. The monoisotopic (exact) mass is 376 g/mol. The molecule has 0 aromatic heterocycles. The van der Waals surface area contributed by atoms with Gasteiger partial charge in [-0.3, -0.25) is 0 Å². The molecule has 0 radical (unpaired) electrons. The summed E-state index contributed by atoms with van der Waals surface area (Å²) in [4.78, 5) is 0. The van der Waals surface area contributed by atoms with Crippen LogP contribution in [0.3, 0.4) is 0 Å². The highest BCUT2D eigenvalue weighted by atomic mass is 28.4. The van der Waals surface area contributed by atoms with E-state index in [2.05, 4.69) is 83.0 Å². The van der Waals surface area contributed by atoms with Crippen LogP contribution >= 0.6 is 0 Å². The maximum absolute atomic E-state index is 6.22. The maximum atomic E-state index is 6.22. The first-order chi connectivity index (χ1) is 11.5. The molecule has 0 aliphatic rings. The van der Waals surface area contributed by atoms with E-state index in [0.29, 0.717) is 0 Å². The zero-order chi connectivity index (χ0) is 19.1. The van der Waals surface area contributed by atoms with Gasteiger partial charge in [-0.15, -0.1) is 0 Å². The fourth-order valence-corrected chi connectivity index (χ4v) is 5.28. The molecule has 0 aliphatic carbocycles. The highest BCUT2D eigenvalue weighted by molar-refractivity contribution is 6.84. The van der Waals surface area contributed by atoms with E-state index in [9.17, 15) is 0 Å². The van der Waals surface area contributed by atoms with Crippen molar-refractivity contribution in [2.75, 3.05) is 6.61 Å². The van der Waals surface area contributed by atoms with Gasteiger partial charge in [0.2, 0.25) is 0 Å². The Bertz CT molecular complexity index is 592. The number of allylic oxidation sites excluding steroid dienone is 1. The third-order valence-corrected chi connectivity index (χ3v) is 12.0. The van der Waals surface area contributed by atoms with Crippen molar-refractivity contribution in [2.45, 2.75) is 71.8 Å². The summed E-state index contributed by atoms with van der Waals surface area (Å²) in [6.07, 6.45) is 4.09. The van der Waals surface area contributed by atoms with Crippen LogP contribution in [0.2, 0.25) is 31.2 Å². The molecule has 0 bridgehead atoms. The van der Waals surface area contributed by atoms with Crippen molar-refractivity contribution >= 4 is 21.8 Å². The van der Waals surface area contributed by atoms with Crippen molar-refractivity contribution in [2.24, 2.45) is 0 Å². The number of rotatable bonds is 8. The molecule has 0 N–H and O–H groups in total. The van der Waals surface area contributed by atoms with E-state index in [4.69, 9.17) is 8.85 Å². The van der Waals surface area contributed by atoms with Gasteiger partial charge >= 0.3 is 0 Å². The average Bonchev–Trinajstić information content (AvgIpc) is 2.50. The first kappa shape index (κ1) is 22.0. The molecule has 4 heteroatoms. The van der Waals surface area contributed by atoms with Gasteiger partial charge < -0.3 is 8.85 Å². The average molecular weight is 377 g/mol. The number of hydrogen-bond donors (Lipinski definition) is 0. The van der Waals surface area contributed by atoms with Gasteiger partial charge in [-0.2, -0.15) is 0 Å². The molecule has 0 aliphatic heterocycles. The highest BCUT2D eigenvalue weighted by Crippen LogP contribution is 2.36. The van der Waals surface area contributed by atoms with Crippen LogP contribution in [0.4, 0.5) is 0 Å². The zero-order valence-corrected chi connectivity index (χ0v) is 19.4. The SMILES string of the molecule is CC(=C=CCCCO[Si](C)(C)C(C)(C)C)O[Si](C)(C)c1ccccc1. The summed E-state index contributed by atoms with van der Waals surface area (Å²) in [5.74, 6) is 0.880. The molecule has 25 heavy (non-hydrogen) atoms. The first-order valence-corrected chi connectivity index (χ1v) is 15.1. The van der Waals surface area contributed by atoms with Gasteiger partial charge in [0.05, 0.1) is 0 Å². The highest BCUT2D eigenvalue weighted by Gasteiger charge is 2.36. The summed E-state index contributed by atoms with van der Waals surface area (Å²) in [5, 5.41) is 1.58.